The first kappa shape index (κ1) is 18.6. The summed E-state index contributed by atoms with van der Waals surface area (Å²) >= 11 is 1.62. The van der Waals surface area contributed by atoms with Crippen LogP contribution in [0.2, 0.25) is 0 Å². The number of likely N-dealkylation sites (tertiary alicyclic amines) is 1. The van der Waals surface area contributed by atoms with Crippen LogP contribution in [0.5, 0.6) is 0 Å². The third-order valence-electron chi connectivity index (χ3n) is 5.14. The molecule has 0 radical (unpaired) electrons. The maximum absolute atomic E-state index is 12.9. The summed E-state index contributed by atoms with van der Waals surface area (Å²) in [6, 6.07) is 13.5. The number of hydrogen-bond acceptors (Lipinski definition) is 5. The monoisotopic (exact) mass is 394 g/mol. The molecule has 1 fully saturated rings. The Morgan fingerprint density at radius 3 is 2.57 bits per heavy atom. The zero-order valence-electron chi connectivity index (χ0n) is 15.8. The maximum Gasteiger partial charge on any atom is 0.228 e. The Kier molecular flexibility index (Phi) is 5.39. The van der Waals surface area contributed by atoms with E-state index in [2.05, 4.69) is 4.98 Å². The van der Waals surface area contributed by atoms with Crippen LogP contribution in [0.25, 0.3) is 10.4 Å². The Bertz CT molecular complexity index is 955. The number of rotatable bonds is 5. The molecule has 6 heteroatoms. The molecule has 0 atom stereocenters. The molecule has 3 aromatic rings. The second kappa shape index (κ2) is 8.10. The third kappa shape index (κ3) is 3.92. The van der Waals surface area contributed by atoms with Crippen LogP contribution in [-0.2, 0) is 11.2 Å². The molecule has 0 aliphatic carbocycles. The number of carbonyl (C=O) groups is 2. The number of amides is 1. The van der Waals surface area contributed by atoms with Gasteiger partial charge in [-0.25, -0.2) is 4.98 Å². The molecular weight excluding hydrogens is 372 g/mol. The van der Waals surface area contributed by atoms with Crippen LogP contribution in [0.1, 0.15) is 34.1 Å². The minimum absolute atomic E-state index is 0.0404. The molecule has 1 saturated heterocycles. The largest absolute Gasteiger partial charge is 0.461 e. The number of thiazole rings is 1. The molecule has 3 heterocycles. The number of hydrogen-bond donors (Lipinski definition) is 0. The number of nitrogens with zero attached hydrogens (tertiary/aromatic N) is 2. The van der Waals surface area contributed by atoms with Crippen molar-refractivity contribution < 1.29 is 14.0 Å². The van der Waals surface area contributed by atoms with E-state index in [4.69, 9.17) is 4.42 Å². The second-order valence-corrected chi connectivity index (χ2v) is 8.25. The molecule has 0 spiro atoms. The van der Waals surface area contributed by atoms with Crippen molar-refractivity contribution in [2.45, 2.75) is 26.2 Å². The fraction of sp³-hybridized carbons (Fsp3) is 0.318. The van der Waals surface area contributed by atoms with E-state index in [9.17, 15) is 9.59 Å². The number of benzene rings is 1. The number of carbonyl (C=O) groups excluding carboxylic acids is 2. The minimum Gasteiger partial charge on any atom is -0.461 e. The van der Waals surface area contributed by atoms with Crippen LogP contribution >= 0.6 is 11.3 Å². The molecule has 1 aliphatic heterocycles. The average Bonchev–Trinajstić information content (AvgIpc) is 3.38. The topological polar surface area (TPSA) is 63.4 Å². The summed E-state index contributed by atoms with van der Waals surface area (Å²) in [6.45, 7) is 3.16. The summed E-state index contributed by atoms with van der Waals surface area (Å²) in [6.07, 6.45) is 3.16. The van der Waals surface area contributed by atoms with E-state index in [0.29, 0.717) is 38.1 Å². The first-order chi connectivity index (χ1) is 13.6. The lowest BCUT2D eigenvalue weighted by Gasteiger charge is -2.31. The molecule has 0 saturated carbocycles. The highest BCUT2D eigenvalue weighted by Gasteiger charge is 2.29. The average molecular weight is 394 g/mol. The van der Waals surface area contributed by atoms with Gasteiger partial charge in [-0.05, 0) is 37.5 Å². The molecule has 1 aromatic carbocycles. The molecule has 0 unspecified atom stereocenters. The number of aryl methyl sites for hydroxylation is 1. The van der Waals surface area contributed by atoms with Crippen molar-refractivity contribution >= 4 is 23.0 Å². The van der Waals surface area contributed by atoms with Gasteiger partial charge in [0.05, 0.1) is 28.3 Å². The highest BCUT2D eigenvalue weighted by atomic mass is 32.1. The Hall–Kier alpha value is -2.73. The van der Waals surface area contributed by atoms with E-state index in [0.717, 1.165) is 21.1 Å². The smallest absolute Gasteiger partial charge is 0.228 e. The molecule has 0 bridgehead atoms. The minimum atomic E-state index is -0.0726. The van der Waals surface area contributed by atoms with Crippen LogP contribution < -0.4 is 0 Å². The SMILES string of the molecule is Cc1nc(CC(=O)N2CCC(C(=O)c3ccco3)CC2)c(-c2ccccc2)s1. The molecule has 28 heavy (non-hydrogen) atoms. The first-order valence-electron chi connectivity index (χ1n) is 9.49. The molecule has 144 valence electrons. The molecule has 4 rings (SSSR count). The summed E-state index contributed by atoms with van der Waals surface area (Å²) in [5.74, 6) is 0.455. The van der Waals surface area contributed by atoms with Gasteiger partial charge in [0.1, 0.15) is 0 Å². The lowest BCUT2D eigenvalue weighted by Crippen LogP contribution is -2.41. The Morgan fingerprint density at radius 2 is 1.89 bits per heavy atom. The van der Waals surface area contributed by atoms with Gasteiger partial charge in [0, 0.05) is 19.0 Å². The molecule has 1 aliphatic rings. The lowest BCUT2D eigenvalue weighted by molar-refractivity contribution is -0.131. The van der Waals surface area contributed by atoms with Gasteiger partial charge >= 0.3 is 0 Å². The van der Waals surface area contributed by atoms with Crippen LogP contribution in [0.15, 0.2) is 53.1 Å². The van der Waals surface area contributed by atoms with Gasteiger partial charge in [-0.2, -0.15) is 0 Å². The van der Waals surface area contributed by atoms with Gasteiger partial charge in [0.25, 0.3) is 0 Å². The summed E-state index contributed by atoms with van der Waals surface area (Å²) in [7, 11) is 0. The highest BCUT2D eigenvalue weighted by Crippen LogP contribution is 2.31. The van der Waals surface area contributed by atoms with Gasteiger partial charge in [-0.3, -0.25) is 9.59 Å². The van der Waals surface area contributed by atoms with E-state index in [1.54, 1.807) is 23.5 Å². The fourth-order valence-electron chi connectivity index (χ4n) is 3.67. The highest BCUT2D eigenvalue weighted by molar-refractivity contribution is 7.15. The maximum atomic E-state index is 12.9. The van der Waals surface area contributed by atoms with Gasteiger partial charge in [-0.1, -0.05) is 30.3 Å². The summed E-state index contributed by atoms with van der Waals surface area (Å²) in [4.78, 5) is 32.8. The normalized spacial score (nSPS) is 15.0. The Labute approximate surface area is 168 Å². The van der Waals surface area contributed by atoms with Gasteiger partial charge in [-0.15, -0.1) is 11.3 Å². The predicted molar refractivity (Wildman–Crippen MR) is 108 cm³/mol. The first-order valence-corrected chi connectivity index (χ1v) is 10.3. The summed E-state index contributed by atoms with van der Waals surface area (Å²) in [5.41, 5.74) is 1.94. The zero-order valence-corrected chi connectivity index (χ0v) is 16.6. The van der Waals surface area contributed by atoms with Crippen molar-refractivity contribution in [1.29, 1.82) is 0 Å². The lowest BCUT2D eigenvalue weighted by atomic mass is 9.91. The van der Waals surface area contributed by atoms with Crippen molar-refractivity contribution in [3.05, 3.63) is 65.2 Å². The van der Waals surface area contributed by atoms with E-state index in [-0.39, 0.29) is 17.6 Å². The number of Topliss-reactive ketones (excluding diaryl/α,β-unsaturated/α-hetero) is 1. The number of aromatic nitrogens is 1. The number of piperidine rings is 1. The molecular formula is C22H22N2O3S. The van der Waals surface area contributed by atoms with Gasteiger partial charge in [0.2, 0.25) is 11.7 Å². The van der Waals surface area contributed by atoms with Crippen LogP contribution in [-0.4, -0.2) is 34.7 Å². The van der Waals surface area contributed by atoms with Gasteiger partial charge in [0.15, 0.2) is 5.76 Å². The zero-order chi connectivity index (χ0) is 19.5. The van der Waals surface area contributed by atoms with Crippen molar-refractivity contribution in [3.63, 3.8) is 0 Å². The van der Waals surface area contributed by atoms with Crippen molar-refractivity contribution in [2.75, 3.05) is 13.1 Å². The molecule has 5 nitrogen and oxygen atoms in total. The van der Waals surface area contributed by atoms with Crippen molar-refractivity contribution in [2.24, 2.45) is 5.92 Å². The summed E-state index contributed by atoms with van der Waals surface area (Å²) < 4.78 is 5.22. The van der Waals surface area contributed by atoms with E-state index < -0.39 is 0 Å². The quantitative estimate of drug-likeness (QED) is 0.603. The standard InChI is InChI=1S/C22H22N2O3S/c1-15-23-18(22(28-15)17-6-3-2-4-7-17)14-20(25)24-11-9-16(10-12-24)21(26)19-8-5-13-27-19/h2-8,13,16H,9-12,14H2,1H3. The fourth-order valence-corrected chi connectivity index (χ4v) is 4.61. The molecule has 1 amide bonds. The van der Waals surface area contributed by atoms with Crippen LogP contribution in [0.3, 0.4) is 0 Å². The second-order valence-electron chi connectivity index (χ2n) is 7.05. The number of ketones is 1. The predicted octanol–water partition coefficient (Wildman–Crippen LogP) is 4.38. The van der Waals surface area contributed by atoms with Crippen molar-refractivity contribution in [3.8, 4) is 10.4 Å². The van der Waals surface area contributed by atoms with E-state index in [1.165, 1.54) is 6.26 Å². The van der Waals surface area contributed by atoms with Crippen molar-refractivity contribution in [1.82, 2.24) is 9.88 Å². The Morgan fingerprint density at radius 1 is 1.14 bits per heavy atom. The van der Waals surface area contributed by atoms with Gasteiger partial charge < -0.3 is 9.32 Å². The third-order valence-corrected chi connectivity index (χ3v) is 6.20. The number of furan rings is 1. The molecule has 2 aromatic heterocycles. The van der Waals surface area contributed by atoms with Crippen LogP contribution in [0.4, 0.5) is 0 Å². The van der Waals surface area contributed by atoms with E-state index in [1.807, 2.05) is 42.2 Å². The molecule has 0 N–H and O–H groups in total. The van der Waals surface area contributed by atoms with Crippen LogP contribution in [0, 0.1) is 12.8 Å². The van der Waals surface area contributed by atoms with E-state index >= 15 is 0 Å². The summed E-state index contributed by atoms with van der Waals surface area (Å²) in [5, 5.41) is 0.962. The Balaban J connectivity index is 1.40.